The van der Waals surface area contributed by atoms with E-state index in [9.17, 15) is 0 Å². The molecule has 1 atom stereocenters. The zero-order valence-corrected chi connectivity index (χ0v) is 12.8. The highest BCUT2D eigenvalue weighted by atomic mass is 35.5. The molecule has 1 aromatic heterocycles. The molecule has 1 fully saturated rings. The number of hydrogen-bond acceptors (Lipinski definition) is 6. The Hall–Kier alpha value is -1.14. The smallest absolute Gasteiger partial charge is 0.231 e. The maximum absolute atomic E-state index is 9.02. The molecule has 20 heavy (non-hydrogen) atoms. The van der Waals surface area contributed by atoms with E-state index in [4.69, 9.17) is 16.7 Å². The van der Waals surface area contributed by atoms with Gasteiger partial charge in [0.2, 0.25) is 17.2 Å². The molecule has 0 amide bonds. The number of anilines is 2. The van der Waals surface area contributed by atoms with Gasteiger partial charge >= 0.3 is 0 Å². The third kappa shape index (κ3) is 3.49. The first-order chi connectivity index (χ1) is 9.67. The van der Waals surface area contributed by atoms with E-state index in [0.29, 0.717) is 17.8 Å². The predicted octanol–water partition coefficient (Wildman–Crippen LogP) is 1.58. The van der Waals surface area contributed by atoms with Crippen LogP contribution >= 0.6 is 11.6 Å². The predicted molar refractivity (Wildman–Crippen MR) is 80.4 cm³/mol. The number of aliphatic hydroxyl groups excluding tert-OH is 1. The Morgan fingerprint density at radius 2 is 2.05 bits per heavy atom. The second-order valence-electron chi connectivity index (χ2n) is 4.99. The Balaban J connectivity index is 2.16. The lowest BCUT2D eigenvalue weighted by Gasteiger charge is -2.21. The first-order valence-electron chi connectivity index (χ1n) is 7.20. The zero-order valence-electron chi connectivity index (χ0n) is 12.1. The minimum Gasteiger partial charge on any atom is -0.396 e. The van der Waals surface area contributed by atoms with Crippen LogP contribution < -0.4 is 9.80 Å². The van der Waals surface area contributed by atoms with Crippen molar-refractivity contribution in [3.8, 4) is 0 Å². The Kier molecular flexibility index (Phi) is 5.37. The molecule has 6 nitrogen and oxygen atoms in total. The third-order valence-corrected chi connectivity index (χ3v) is 3.91. The highest BCUT2D eigenvalue weighted by molar-refractivity contribution is 6.28. The van der Waals surface area contributed by atoms with Gasteiger partial charge in [0, 0.05) is 32.8 Å². The van der Waals surface area contributed by atoms with E-state index in [2.05, 4.69) is 38.6 Å². The molecule has 0 aromatic carbocycles. The van der Waals surface area contributed by atoms with E-state index in [0.717, 1.165) is 39.0 Å². The Labute approximate surface area is 124 Å². The molecule has 0 aliphatic carbocycles. The van der Waals surface area contributed by atoms with Crippen LogP contribution in [0.3, 0.4) is 0 Å². The first kappa shape index (κ1) is 15.3. The number of halogens is 1. The van der Waals surface area contributed by atoms with Crippen molar-refractivity contribution in [2.45, 2.75) is 26.7 Å². The van der Waals surface area contributed by atoms with Crippen LogP contribution in [-0.2, 0) is 0 Å². The van der Waals surface area contributed by atoms with Gasteiger partial charge in [-0.1, -0.05) is 0 Å². The molecule has 0 spiro atoms. The van der Waals surface area contributed by atoms with Crippen LogP contribution in [-0.4, -0.2) is 52.8 Å². The van der Waals surface area contributed by atoms with Crippen molar-refractivity contribution in [1.82, 2.24) is 15.0 Å². The van der Waals surface area contributed by atoms with Gasteiger partial charge < -0.3 is 14.9 Å². The summed E-state index contributed by atoms with van der Waals surface area (Å²) < 4.78 is 0. The first-order valence-corrected chi connectivity index (χ1v) is 7.58. The van der Waals surface area contributed by atoms with Gasteiger partial charge in [-0.15, -0.1) is 0 Å². The second kappa shape index (κ2) is 7.04. The van der Waals surface area contributed by atoms with Crippen LogP contribution in [0, 0.1) is 5.92 Å². The van der Waals surface area contributed by atoms with Gasteiger partial charge in [0.25, 0.3) is 0 Å². The summed E-state index contributed by atoms with van der Waals surface area (Å²) >= 11 is 6.03. The molecule has 1 aliphatic heterocycles. The number of aliphatic hydroxyl groups is 1. The molecular weight excluding hydrogens is 278 g/mol. The topological polar surface area (TPSA) is 65.4 Å². The second-order valence-corrected chi connectivity index (χ2v) is 5.33. The van der Waals surface area contributed by atoms with E-state index in [-0.39, 0.29) is 11.9 Å². The van der Waals surface area contributed by atoms with Crippen LogP contribution in [0.2, 0.25) is 5.28 Å². The average molecular weight is 300 g/mol. The van der Waals surface area contributed by atoms with Gasteiger partial charge in [0.1, 0.15) is 0 Å². The fourth-order valence-corrected chi connectivity index (χ4v) is 2.70. The fourth-order valence-electron chi connectivity index (χ4n) is 2.55. The summed E-state index contributed by atoms with van der Waals surface area (Å²) in [5.74, 6) is 1.79. The SMILES string of the molecule is CCN(CC)c1nc(Cl)nc(N2CCC(CCO)C2)n1. The van der Waals surface area contributed by atoms with E-state index < -0.39 is 0 Å². The normalized spacial score (nSPS) is 18.6. The summed E-state index contributed by atoms with van der Waals surface area (Å²) in [6.45, 7) is 7.82. The summed E-state index contributed by atoms with van der Waals surface area (Å²) in [5.41, 5.74) is 0. The summed E-state index contributed by atoms with van der Waals surface area (Å²) in [6.07, 6.45) is 1.89. The molecule has 112 valence electrons. The lowest BCUT2D eigenvalue weighted by molar-refractivity contribution is 0.263. The molecule has 0 bridgehead atoms. The van der Waals surface area contributed by atoms with E-state index >= 15 is 0 Å². The summed E-state index contributed by atoms with van der Waals surface area (Å²) in [6, 6.07) is 0. The van der Waals surface area contributed by atoms with Crippen molar-refractivity contribution in [1.29, 1.82) is 0 Å². The number of aromatic nitrogens is 3. The minimum atomic E-state index is 0.237. The number of hydrogen-bond donors (Lipinski definition) is 1. The fraction of sp³-hybridized carbons (Fsp3) is 0.769. The van der Waals surface area contributed by atoms with Crippen molar-refractivity contribution in [3.63, 3.8) is 0 Å². The zero-order chi connectivity index (χ0) is 14.5. The maximum atomic E-state index is 9.02. The molecular formula is C13H22ClN5O. The Morgan fingerprint density at radius 3 is 2.70 bits per heavy atom. The van der Waals surface area contributed by atoms with Crippen LogP contribution in [0.4, 0.5) is 11.9 Å². The molecule has 1 unspecified atom stereocenters. The van der Waals surface area contributed by atoms with Crippen molar-refractivity contribution in [2.75, 3.05) is 42.6 Å². The maximum Gasteiger partial charge on any atom is 0.231 e. The summed E-state index contributed by atoms with van der Waals surface area (Å²) in [4.78, 5) is 17.2. The van der Waals surface area contributed by atoms with Gasteiger partial charge in [0.05, 0.1) is 0 Å². The van der Waals surface area contributed by atoms with Crippen LogP contribution in [0.1, 0.15) is 26.7 Å². The van der Waals surface area contributed by atoms with Crippen molar-refractivity contribution in [2.24, 2.45) is 5.92 Å². The van der Waals surface area contributed by atoms with Crippen LogP contribution in [0.5, 0.6) is 0 Å². The van der Waals surface area contributed by atoms with Crippen LogP contribution in [0.25, 0.3) is 0 Å². The quantitative estimate of drug-likeness (QED) is 0.860. The van der Waals surface area contributed by atoms with E-state index in [1.165, 1.54) is 0 Å². The average Bonchev–Trinajstić information content (AvgIpc) is 2.89. The standard InChI is InChI=1S/C13H22ClN5O/c1-3-18(4-2)12-15-11(14)16-13(17-12)19-7-5-10(9-19)6-8-20/h10,20H,3-9H2,1-2H3. The Morgan fingerprint density at radius 1 is 1.30 bits per heavy atom. The van der Waals surface area contributed by atoms with E-state index in [1.54, 1.807) is 0 Å². The van der Waals surface area contributed by atoms with Crippen LogP contribution in [0.15, 0.2) is 0 Å². The van der Waals surface area contributed by atoms with E-state index in [1.807, 2.05) is 0 Å². The molecule has 0 radical (unpaired) electrons. The third-order valence-electron chi connectivity index (χ3n) is 3.74. The van der Waals surface area contributed by atoms with Crippen molar-refractivity contribution < 1.29 is 5.11 Å². The molecule has 0 saturated carbocycles. The van der Waals surface area contributed by atoms with Crippen molar-refractivity contribution in [3.05, 3.63) is 5.28 Å². The Bertz CT molecular complexity index is 441. The number of rotatable bonds is 6. The van der Waals surface area contributed by atoms with Gasteiger partial charge in [-0.25, -0.2) is 0 Å². The lowest BCUT2D eigenvalue weighted by Crippen LogP contribution is -2.27. The molecule has 2 heterocycles. The minimum absolute atomic E-state index is 0.237. The largest absolute Gasteiger partial charge is 0.396 e. The molecule has 1 aliphatic rings. The highest BCUT2D eigenvalue weighted by Crippen LogP contribution is 2.24. The van der Waals surface area contributed by atoms with Gasteiger partial charge in [-0.05, 0) is 44.2 Å². The summed E-state index contributed by atoms with van der Waals surface area (Å²) in [5, 5.41) is 9.26. The summed E-state index contributed by atoms with van der Waals surface area (Å²) in [7, 11) is 0. The van der Waals surface area contributed by atoms with Gasteiger partial charge in [-0.2, -0.15) is 15.0 Å². The lowest BCUT2D eigenvalue weighted by atomic mass is 10.1. The van der Waals surface area contributed by atoms with Crippen molar-refractivity contribution >= 4 is 23.5 Å². The molecule has 2 rings (SSSR count). The molecule has 1 saturated heterocycles. The monoisotopic (exact) mass is 299 g/mol. The highest BCUT2D eigenvalue weighted by Gasteiger charge is 2.25. The molecule has 1 aromatic rings. The van der Waals surface area contributed by atoms with Gasteiger partial charge in [0.15, 0.2) is 0 Å². The number of nitrogens with zero attached hydrogens (tertiary/aromatic N) is 5. The molecule has 1 N–H and O–H groups in total. The molecule has 7 heteroatoms. The van der Waals surface area contributed by atoms with Gasteiger partial charge in [-0.3, -0.25) is 0 Å².